The third-order valence-electron chi connectivity index (χ3n) is 3.83. The van der Waals surface area contributed by atoms with Crippen LogP contribution >= 0.6 is 0 Å². The Balaban J connectivity index is 1.92. The van der Waals surface area contributed by atoms with Crippen LogP contribution in [0.5, 0.6) is 0 Å². The molecule has 0 aromatic heterocycles. The average Bonchev–Trinajstić information content (AvgIpc) is 2.47. The predicted molar refractivity (Wildman–Crippen MR) is 70.6 cm³/mol. The third kappa shape index (κ3) is 3.67. The molecule has 19 heavy (non-hydrogen) atoms. The van der Waals surface area contributed by atoms with Crippen molar-refractivity contribution in [3.8, 4) is 0 Å². The minimum Gasteiger partial charge on any atom is -0.377 e. The number of hydrogen-bond donors (Lipinski definition) is 2. The van der Waals surface area contributed by atoms with Gasteiger partial charge in [0.25, 0.3) is 0 Å². The number of carbonyl (C=O) groups excluding carboxylic acids is 2. The number of nitrogens with zero attached hydrogens (tertiary/aromatic N) is 1. The molecule has 2 aliphatic heterocycles. The summed E-state index contributed by atoms with van der Waals surface area (Å²) in [6.07, 6.45) is 3.88. The minimum atomic E-state index is -0.477. The summed E-state index contributed by atoms with van der Waals surface area (Å²) < 4.78 is 5.31. The predicted octanol–water partition coefficient (Wildman–Crippen LogP) is -0.508. The van der Waals surface area contributed by atoms with Gasteiger partial charge in [0, 0.05) is 26.1 Å². The summed E-state index contributed by atoms with van der Waals surface area (Å²) in [6, 6.07) is -0.218. The van der Waals surface area contributed by atoms with Gasteiger partial charge in [0.15, 0.2) is 0 Å². The molecule has 2 unspecified atom stereocenters. The van der Waals surface area contributed by atoms with E-state index in [0.29, 0.717) is 26.2 Å². The van der Waals surface area contributed by atoms with E-state index in [2.05, 4.69) is 10.6 Å². The van der Waals surface area contributed by atoms with Crippen LogP contribution in [0.25, 0.3) is 0 Å². The first-order valence-corrected chi connectivity index (χ1v) is 7.04. The highest BCUT2D eigenvalue weighted by Crippen LogP contribution is 2.14. The maximum absolute atomic E-state index is 12.3. The zero-order valence-electron chi connectivity index (χ0n) is 11.5. The van der Waals surface area contributed by atoms with Gasteiger partial charge >= 0.3 is 0 Å². The highest BCUT2D eigenvalue weighted by atomic mass is 16.5. The molecular formula is C13H23N3O3. The van der Waals surface area contributed by atoms with Gasteiger partial charge in [-0.2, -0.15) is 0 Å². The number of ether oxygens (including phenoxy) is 1. The minimum absolute atomic E-state index is 0.0521. The van der Waals surface area contributed by atoms with E-state index in [0.717, 1.165) is 13.0 Å². The summed E-state index contributed by atoms with van der Waals surface area (Å²) in [7, 11) is 1.59. The molecule has 0 spiro atoms. The highest BCUT2D eigenvalue weighted by Gasteiger charge is 2.33. The molecule has 0 aromatic carbocycles. The van der Waals surface area contributed by atoms with Crippen LogP contribution in [-0.2, 0) is 14.3 Å². The van der Waals surface area contributed by atoms with E-state index in [1.165, 1.54) is 12.8 Å². The van der Waals surface area contributed by atoms with Crippen molar-refractivity contribution < 1.29 is 14.3 Å². The zero-order valence-corrected chi connectivity index (χ0v) is 11.5. The number of morpholine rings is 1. The molecule has 2 saturated heterocycles. The zero-order chi connectivity index (χ0) is 13.7. The lowest BCUT2D eigenvalue weighted by molar-refractivity contribution is -0.148. The molecule has 108 valence electrons. The van der Waals surface area contributed by atoms with Crippen LogP contribution in [0.4, 0.5) is 0 Å². The molecule has 2 N–H and O–H groups in total. The first-order chi connectivity index (χ1) is 9.22. The molecule has 0 bridgehead atoms. The lowest BCUT2D eigenvalue weighted by atomic mass is 10.0. The largest absolute Gasteiger partial charge is 0.377 e. The van der Waals surface area contributed by atoms with Crippen LogP contribution in [0.15, 0.2) is 0 Å². The highest BCUT2D eigenvalue weighted by molar-refractivity contribution is 5.88. The lowest BCUT2D eigenvalue weighted by Crippen LogP contribution is -2.56. The summed E-state index contributed by atoms with van der Waals surface area (Å²) in [6.45, 7) is 2.30. The van der Waals surface area contributed by atoms with Crippen molar-refractivity contribution in [2.24, 2.45) is 0 Å². The van der Waals surface area contributed by atoms with Crippen LogP contribution in [0.3, 0.4) is 0 Å². The summed E-state index contributed by atoms with van der Waals surface area (Å²) in [5.74, 6) is -0.0963. The molecule has 2 fully saturated rings. The van der Waals surface area contributed by atoms with E-state index in [1.54, 1.807) is 11.9 Å². The first-order valence-electron chi connectivity index (χ1n) is 7.04. The van der Waals surface area contributed by atoms with Gasteiger partial charge in [0.05, 0.1) is 13.2 Å². The number of likely N-dealkylation sites (N-methyl/N-ethyl adjacent to an activating group) is 1. The van der Waals surface area contributed by atoms with Crippen LogP contribution in [0.2, 0.25) is 0 Å². The van der Waals surface area contributed by atoms with Gasteiger partial charge in [-0.25, -0.2) is 0 Å². The van der Waals surface area contributed by atoms with Gasteiger partial charge in [-0.05, 0) is 19.4 Å². The molecule has 0 radical (unpaired) electrons. The van der Waals surface area contributed by atoms with E-state index < -0.39 is 6.04 Å². The Hall–Kier alpha value is -1.14. The molecule has 2 heterocycles. The van der Waals surface area contributed by atoms with Crippen LogP contribution in [0.1, 0.15) is 25.7 Å². The number of amides is 2. The van der Waals surface area contributed by atoms with Crippen molar-refractivity contribution in [2.45, 2.75) is 37.8 Å². The quantitative estimate of drug-likeness (QED) is 0.724. The van der Waals surface area contributed by atoms with Crippen molar-refractivity contribution >= 4 is 11.8 Å². The fraction of sp³-hybridized carbons (Fsp3) is 0.846. The van der Waals surface area contributed by atoms with Gasteiger partial charge in [0.1, 0.15) is 6.04 Å². The second kappa shape index (κ2) is 6.86. The maximum Gasteiger partial charge on any atom is 0.244 e. The summed E-state index contributed by atoms with van der Waals surface area (Å²) in [5, 5.41) is 5.96. The number of nitrogens with one attached hydrogen (secondary N) is 2. The van der Waals surface area contributed by atoms with Crippen molar-refractivity contribution in [1.29, 1.82) is 0 Å². The Morgan fingerprint density at radius 3 is 2.95 bits per heavy atom. The Labute approximate surface area is 113 Å². The number of piperidine rings is 1. The molecule has 0 aromatic rings. The molecule has 0 saturated carbocycles. The SMILES string of the molecule is CNC(=O)C1COCCN1C(=O)CC1CCCCN1. The van der Waals surface area contributed by atoms with E-state index in [4.69, 9.17) is 4.74 Å². The van der Waals surface area contributed by atoms with Gasteiger partial charge in [0.2, 0.25) is 11.8 Å². The topological polar surface area (TPSA) is 70.7 Å². The average molecular weight is 269 g/mol. The molecule has 2 atom stereocenters. The first kappa shape index (κ1) is 14.3. The molecule has 6 heteroatoms. The Morgan fingerprint density at radius 1 is 1.42 bits per heavy atom. The summed E-state index contributed by atoms with van der Waals surface area (Å²) in [5.41, 5.74) is 0. The van der Waals surface area contributed by atoms with E-state index in [-0.39, 0.29) is 17.9 Å². The van der Waals surface area contributed by atoms with E-state index in [9.17, 15) is 9.59 Å². The fourth-order valence-corrected chi connectivity index (χ4v) is 2.71. The van der Waals surface area contributed by atoms with Crippen LogP contribution in [-0.4, -0.2) is 62.1 Å². The molecular weight excluding hydrogens is 246 g/mol. The summed E-state index contributed by atoms with van der Waals surface area (Å²) >= 11 is 0. The van der Waals surface area contributed by atoms with Crippen molar-refractivity contribution in [3.63, 3.8) is 0 Å². The van der Waals surface area contributed by atoms with Crippen molar-refractivity contribution in [1.82, 2.24) is 15.5 Å². The van der Waals surface area contributed by atoms with Gasteiger partial charge in [-0.3, -0.25) is 9.59 Å². The molecule has 2 rings (SSSR count). The fourth-order valence-electron chi connectivity index (χ4n) is 2.71. The van der Waals surface area contributed by atoms with Crippen LogP contribution < -0.4 is 10.6 Å². The third-order valence-corrected chi connectivity index (χ3v) is 3.83. The monoisotopic (exact) mass is 269 g/mol. The number of carbonyl (C=O) groups is 2. The van der Waals surface area contributed by atoms with Crippen molar-refractivity contribution in [3.05, 3.63) is 0 Å². The smallest absolute Gasteiger partial charge is 0.244 e. The normalized spacial score (nSPS) is 27.9. The number of hydrogen-bond acceptors (Lipinski definition) is 4. The molecule has 2 aliphatic rings. The number of rotatable bonds is 3. The van der Waals surface area contributed by atoms with Gasteiger partial charge in [-0.15, -0.1) is 0 Å². The van der Waals surface area contributed by atoms with E-state index in [1.807, 2.05) is 0 Å². The second-order valence-electron chi connectivity index (χ2n) is 5.14. The molecule has 2 amide bonds. The van der Waals surface area contributed by atoms with Crippen molar-refractivity contribution in [2.75, 3.05) is 33.4 Å². The Kier molecular flexibility index (Phi) is 5.15. The Morgan fingerprint density at radius 2 is 2.26 bits per heavy atom. The second-order valence-corrected chi connectivity index (χ2v) is 5.14. The standard InChI is InChI=1S/C13H23N3O3/c1-14-13(18)11-9-19-7-6-16(11)12(17)8-10-4-2-3-5-15-10/h10-11,15H,2-9H2,1H3,(H,14,18). The van der Waals surface area contributed by atoms with E-state index >= 15 is 0 Å². The van der Waals surface area contributed by atoms with Gasteiger partial charge < -0.3 is 20.3 Å². The molecule has 6 nitrogen and oxygen atoms in total. The molecule has 0 aliphatic carbocycles. The maximum atomic E-state index is 12.3. The van der Waals surface area contributed by atoms with Crippen LogP contribution in [0, 0.1) is 0 Å². The van der Waals surface area contributed by atoms with Gasteiger partial charge in [-0.1, -0.05) is 6.42 Å². The Bertz CT molecular complexity index is 329. The lowest BCUT2D eigenvalue weighted by Gasteiger charge is -2.35. The summed E-state index contributed by atoms with van der Waals surface area (Å²) in [4.78, 5) is 25.8.